The van der Waals surface area contributed by atoms with Crippen molar-refractivity contribution in [1.29, 1.82) is 0 Å². The molecule has 1 unspecified atom stereocenters. The molecule has 1 aliphatic heterocycles. The Morgan fingerprint density at radius 1 is 1.31 bits per heavy atom. The molecule has 2 aromatic rings. The third-order valence-corrected chi connectivity index (χ3v) is 5.24. The van der Waals surface area contributed by atoms with Gasteiger partial charge in [-0.3, -0.25) is 9.69 Å². The number of carbonyl (C=O) groups is 1. The number of morpholine rings is 1. The monoisotopic (exact) mass is 468 g/mol. The molecule has 6 heteroatoms. The fourth-order valence-electron chi connectivity index (χ4n) is 3.08. The number of halogens is 2. The Morgan fingerprint density at radius 3 is 2.88 bits per heavy atom. The van der Waals surface area contributed by atoms with E-state index in [2.05, 4.69) is 29.3 Å². The molecule has 1 heterocycles. The van der Waals surface area contributed by atoms with Crippen molar-refractivity contribution in [2.45, 2.75) is 26.1 Å². The first kappa shape index (κ1) is 19.3. The minimum atomic E-state index is -0.337. The van der Waals surface area contributed by atoms with Crippen LogP contribution in [0.25, 0.3) is 0 Å². The Bertz CT molecular complexity index is 784. The summed E-state index contributed by atoms with van der Waals surface area (Å²) in [5.74, 6) is -0.530. The maximum atomic E-state index is 13.2. The summed E-state index contributed by atoms with van der Waals surface area (Å²) in [5, 5.41) is 2.91. The van der Waals surface area contributed by atoms with Crippen LogP contribution >= 0.6 is 22.6 Å². The largest absolute Gasteiger partial charge is 0.376 e. The van der Waals surface area contributed by atoms with Crippen molar-refractivity contribution in [1.82, 2.24) is 10.2 Å². The average molecular weight is 468 g/mol. The lowest BCUT2D eigenvalue weighted by atomic mass is 10.1. The van der Waals surface area contributed by atoms with Gasteiger partial charge in [-0.05, 0) is 58.8 Å². The third kappa shape index (κ3) is 5.25. The van der Waals surface area contributed by atoms with Crippen LogP contribution in [0.4, 0.5) is 4.39 Å². The topological polar surface area (TPSA) is 41.6 Å². The Morgan fingerprint density at radius 2 is 2.12 bits per heavy atom. The average Bonchev–Trinajstić information content (AvgIpc) is 2.60. The van der Waals surface area contributed by atoms with E-state index in [4.69, 9.17) is 4.74 Å². The van der Waals surface area contributed by atoms with Gasteiger partial charge in [-0.15, -0.1) is 0 Å². The number of nitrogens with zero attached hydrogens (tertiary/aromatic N) is 1. The van der Waals surface area contributed by atoms with Crippen LogP contribution in [0.2, 0.25) is 0 Å². The van der Waals surface area contributed by atoms with E-state index in [0.29, 0.717) is 15.7 Å². The van der Waals surface area contributed by atoms with Gasteiger partial charge in [0.15, 0.2) is 0 Å². The molecule has 0 aliphatic carbocycles. The highest BCUT2D eigenvalue weighted by Gasteiger charge is 2.16. The third-order valence-electron chi connectivity index (χ3n) is 4.35. The molecule has 4 nitrogen and oxygen atoms in total. The lowest BCUT2D eigenvalue weighted by molar-refractivity contribution is -0.0212. The molecule has 0 bridgehead atoms. The lowest BCUT2D eigenvalue weighted by Gasteiger charge is -2.31. The van der Waals surface area contributed by atoms with Gasteiger partial charge in [0.1, 0.15) is 5.82 Å². The predicted octanol–water partition coefficient (Wildman–Crippen LogP) is 3.58. The van der Waals surface area contributed by atoms with E-state index < -0.39 is 0 Å². The predicted molar refractivity (Wildman–Crippen MR) is 107 cm³/mol. The highest BCUT2D eigenvalue weighted by atomic mass is 127. The van der Waals surface area contributed by atoms with E-state index in [-0.39, 0.29) is 17.8 Å². The molecule has 1 aliphatic rings. The van der Waals surface area contributed by atoms with E-state index in [9.17, 15) is 9.18 Å². The smallest absolute Gasteiger partial charge is 0.252 e. The molecule has 2 aromatic carbocycles. The quantitative estimate of drug-likeness (QED) is 0.683. The molecule has 1 N–H and O–H groups in total. The molecule has 1 amide bonds. The van der Waals surface area contributed by atoms with Gasteiger partial charge in [0, 0.05) is 29.7 Å². The van der Waals surface area contributed by atoms with E-state index >= 15 is 0 Å². The van der Waals surface area contributed by atoms with Crippen LogP contribution in [-0.4, -0.2) is 36.6 Å². The maximum Gasteiger partial charge on any atom is 0.252 e. The van der Waals surface area contributed by atoms with Crippen molar-refractivity contribution >= 4 is 28.5 Å². The first-order chi connectivity index (χ1) is 12.5. The summed E-state index contributed by atoms with van der Waals surface area (Å²) in [4.78, 5) is 14.7. The number of ether oxygens (including phenoxy) is 1. The molecular formula is C20H22FIN2O2. The number of rotatable bonds is 5. The normalized spacial score (nSPS) is 17.9. The number of hydrogen-bond donors (Lipinski definition) is 1. The van der Waals surface area contributed by atoms with E-state index in [1.165, 1.54) is 23.8 Å². The summed E-state index contributed by atoms with van der Waals surface area (Å²) < 4.78 is 19.4. The minimum absolute atomic E-state index is 0.193. The van der Waals surface area contributed by atoms with Gasteiger partial charge in [-0.25, -0.2) is 4.39 Å². The second-order valence-electron chi connectivity index (χ2n) is 6.54. The fourth-order valence-corrected chi connectivity index (χ4v) is 3.80. The van der Waals surface area contributed by atoms with Crippen LogP contribution in [0.15, 0.2) is 42.5 Å². The van der Waals surface area contributed by atoms with Crippen LogP contribution in [0.1, 0.15) is 28.4 Å². The molecule has 1 fully saturated rings. The first-order valence-electron chi connectivity index (χ1n) is 8.66. The Hall–Kier alpha value is -1.51. The second kappa shape index (κ2) is 8.92. The van der Waals surface area contributed by atoms with Crippen LogP contribution in [0, 0.1) is 9.39 Å². The SMILES string of the molecule is CC1CN(Cc2cccc(CNC(=O)c3ccc(F)cc3I)c2)CCO1. The summed E-state index contributed by atoms with van der Waals surface area (Å²) in [6.07, 6.45) is 0.268. The molecule has 0 aromatic heterocycles. The van der Waals surface area contributed by atoms with Crippen molar-refractivity contribution in [2.75, 3.05) is 19.7 Å². The molecule has 1 atom stereocenters. The van der Waals surface area contributed by atoms with Gasteiger partial charge in [0.25, 0.3) is 5.91 Å². The molecular weight excluding hydrogens is 446 g/mol. The maximum absolute atomic E-state index is 13.2. The Kier molecular flexibility index (Phi) is 6.61. The number of nitrogens with one attached hydrogen (secondary N) is 1. The minimum Gasteiger partial charge on any atom is -0.376 e. The summed E-state index contributed by atoms with van der Waals surface area (Å²) in [5.41, 5.74) is 2.77. The van der Waals surface area contributed by atoms with Crippen molar-refractivity contribution in [2.24, 2.45) is 0 Å². The van der Waals surface area contributed by atoms with Crippen molar-refractivity contribution in [3.8, 4) is 0 Å². The van der Waals surface area contributed by atoms with Crippen LogP contribution in [0.3, 0.4) is 0 Å². The van der Waals surface area contributed by atoms with Gasteiger partial charge >= 0.3 is 0 Å². The van der Waals surface area contributed by atoms with E-state index in [1.807, 2.05) is 34.7 Å². The number of hydrogen-bond acceptors (Lipinski definition) is 3. The van der Waals surface area contributed by atoms with E-state index in [0.717, 1.165) is 31.8 Å². The lowest BCUT2D eigenvalue weighted by Crippen LogP contribution is -2.40. The van der Waals surface area contributed by atoms with Crippen LogP contribution in [0.5, 0.6) is 0 Å². The zero-order chi connectivity index (χ0) is 18.5. The summed E-state index contributed by atoms with van der Waals surface area (Å²) in [6, 6.07) is 12.4. The standard InChI is InChI=1S/C20H22FIN2O2/c1-14-12-24(7-8-26-14)13-16-4-2-3-15(9-16)11-23-20(25)18-6-5-17(21)10-19(18)22/h2-6,9-10,14H,7-8,11-13H2,1H3,(H,23,25). The molecule has 138 valence electrons. The van der Waals surface area contributed by atoms with Gasteiger partial charge in [-0.1, -0.05) is 24.3 Å². The second-order valence-corrected chi connectivity index (χ2v) is 7.71. The summed E-state index contributed by atoms with van der Waals surface area (Å²) >= 11 is 1.98. The van der Waals surface area contributed by atoms with Crippen molar-refractivity contribution in [3.63, 3.8) is 0 Å². The molecule has 0 radical (unpaired) electrons. The molecule has 3 rings (SSSR count). The summed E-state index contributed by atoms with van der Waals surface area (Å²) in [6.45, 7) is 6.06. The highest BCUT2D eigenvalue weighted by Crippen LogP contribution is 2.15. The zero-order valence-electron chi connectivity index (χ0n) is 14.7. The van der Waals surface area contributed by atoms with Gasteiger partial charge < -0.3 is 10.1 Å². The van der Waals surface area contributed by atoms with E-state index in [1.54, 1.807) is 0 Å². The zero-order valence-corrected chi connectivity index (χ0v) is 16.8. The Labute approximate surface area is 166 Å². The molecule has 0 saturated carbocycles. The van der Waals surface area contributed by atoms with Crippen molar-refractivity contribution in [3.05, 3.63) is 68.5 Å². The highest BCUT2D eigenvalue weighted by molar-refractivity contribution is 14.1. The van der Waals surface area contributed by atoms with Gasteiger partial charge in [0.2, 0.25) is 0 Å². The number of carbonyl (C=O) groups excluding carboxylic acids is 1. The summed E-state index contributed by atoms with van der Waals surface area (Å²) in [7, 11) is 0. The molecule has 0 spiro atoms. The Balaban J connectivity index is 1.59. The van der Waals surface area contributed by atoms with Crippen molar-refractivity contribution < 1.29 is 13.9 Å². The first-order valence-corrected chi connectivity index (χ1v) is 9.74. The van der Waals surface area contributed by atoms with Gasteiger partial charge in [-0.2, -0.15) is 0 Å². The fraction of sp³-hybridized carbons (Fsp3) is 0.350. The molecule has 1 saturated heterocycles. The molecule has 26 heavy (non-hydrogen) atoms. The number of amides is 1. The number of benzene rings is 2. The van der Waals surface area contributed by atoms with Crippen LogP contribution < -0.4 is 5.32 Å². The van der Waals surface area contributed by atoms with Crippen LogP contribution in [-0.2, 0) is 17.8 Å². The van der Waals surface area contributed by atoms with Gasteiger partial charge in [0.05, 0.1) is 18.3 Å².